The Hall–Kier alpha value is -3.01. The molecule has 0 aliphatic carbocycles. The number of aromatic nitrogens is 2. The predicted octanol–water partition coefficient (Wildman–Crippen LogP) is 0.189. The maximum absolute atomic E-state index is 12.5. The van der Waals surface area contributed by atoms with Gasteiger partial charge in [0.1, 0.15) is 0 Å². The molecular weight excluding hydrogens is 487 g/mol. The molecule has 0 spiro atoms. The summed E-state index contributed by atoms with van der Waals surface area (Å²) in [6.45, 7) is 2.38. The zero-order valence-corrected chi connectivity index (χ0v) is 19.1. The summed E-state index contributed by atoms with van der Waals surface area (Å²) in [5.74, 6) is -1.29. The Kier molecular flexibility index (Phi) is 7.79. The number of nitrogens with zero attached hydrogens (tertiary/aromatic N) is 1. The van der Waals surface area contributed by atoms with Crippen molar-refractivity contribution in [1.29, 1.82) is 0 Å². The van der Waals surface area contributed by atoms with E-state index in [4.69, 9.17) is 14.2 Å². The molecule has 1 aromatic carbocycles. The first-order chi connectivity index (χ1) is 15.2. The summed E-state index contributed by atoms with van der Waals surface area (Å²) in [4.78, 5) is 61.7. The van der Waals surface area contributed by atoms with E-state index in [1.165, 1.54) is 20.0 Å². The van der Waals surface area contributed by atoms with E-state index < -0.39 is 62.7 Å². The zero-order chi connectivity index (χ0) is 23.3. The molecule has 4 atom stereocenters. The van der Waals surface area contributed by atoms with Gasteiger partial charge in [-0.15, -0.1) is 0 Å². The first-order valence-corrected chi connectivity index (χ1v) is 11.8. The van der Waals surface area contributed by atoms with Gasteiger partial charge in [0.25, 0.3) is 0 Å². The molecule has 1 saturated heterocycles. The molecule has 11 heteroatoms. The van der Waals surface area contributed by atoms with Gasteiger partial charge < -0.3 is 0 Å². The van der Waals surface area contributed by atoms with Gasteiger partial charge in [-0.25, -0.2) is 0 Å². The van der Waals surface area contributed by atoms with Crippen LogP contribution in [0.1, 0.15) is 25.6 Å². The van der Waals surface area contributed by atoms with Crippen LogP contribution in [0.5, 0.6) is 0 Å². The predicted molar refractivity (Wildman–Crippen MR) is 112 cm³/mol. The van der Waals surface area contributed by atoms with E-state index in [1.54, 1.807) is 0 Å². The standard InChI is InChI=1S/C21H22N2O8Se/c1-12(24)29-18-15(11-32-17(27)10-14-6-4-3-5-7-14)31-20(19(18)30-13(2)25)23-9-8-16(26)22-21(23)28/h3-9,15,18-20H,10-11H2,1-2H3,(H,22,26,28)/t15-,18-,19-,20-/m1/s1. The Morgan fingerprint density at radius 3 is 2.31 bits per heavy atom. The molecule has 0 saturated carbocycles. The van der Waals surface area contributed by atoms with Gasteiger partial charge in [-0.1, -0.05) is 0 Å². The van der Waals surface area contributed by atoms with E-state index >= 15 is 0 Å². The molecule has 2 heterocycles. The fraction of sp³-hybridized carbons (Fsp3) is 0.381. The van der Waals surface area contributed by atoms with Crippen molar-refractivity contribution in [2.75, 3.05) is 0 Å². The van der Waals surface area contributed by atoms with Crippen molar-refractivity contribution in [2.45, 2.75) is 50.1 Å². The molecule has 1 aliphatic rings. The SMILES string of the molecule is CC(=O)O[C@@H]1[C@H](OC(C)=O)[C@@H](C[Se]C(=O)Cc2ccccc2)O[C@H]1n1ccc(=O)[nH]c1=O. The number of esters is 2. The van der Waals surface area contributed by atoms with Crippen LogP contribution in [0.2, 0.25) is 5.32 Å². The summed E-state index contributed by atoms with van der Waals surface area (Å²) in [7, 11) is 0. The van der Waals surface area contributed by atoms with Crippen LogP contribution in [0, 0.1) is 0 Å². The molecule has 0 radical (unpaired) electrons. The zero-order valence-electron chi connectivity index (χ0n) is 17.4. The van der Waals surface area contributed by atoms with Gasteiger partial charge >= 0.3 is 189 Å². The van der Waals surface area contributed by atoms with Crippen LogP contribution in [-0.2, 0) is 35.0 Å². The number of H-pyrrole nitrogens is 1. The van der Waals surface area contributed by atoms with Gasteiger partial charge in [0.2, 0.25) is 0 Å². The van der Waals surface area contributed by atoms with Crippen molar-refractivity contribution in [1.82, 2.24) is 9.55 Å². The van der Waals surface area contributed by atoms with Crippen LogP contribution in [0.4, 0.5) is 0 Å². The third-order valence-corrected chi connectivity index (χ3v) is 6.63. The molecule has 1 aromatic heterocycles. The van der Waals surface area contributed by atoms with E-state index in [0.29, 0.717) is 0 Å². The fourth-order valence-electron chi connectivity index (χ4n) is 3.33. The molecule has 1 fully saturated rings. The van der Waals surface area contributed by atoms with Crippen molar-refractivity contribution in [2.24, 2.45) is 0 Å². The third-order valence-electron chi connectivity index (χ3n) is 4.61. The van der Waals surface area contributed by atoms with E-state index in [1.807, 2.05) is 30.3 Å². The van der Waals surface area contributed by atoms with E-state index in [0.717, 1.165) is 16.2 Å². The molecule has 2 aromatic rings. The Bertz CT molecular complexity index is 1100. The van der Waals surface area contributed by atoms with Gasteiger partial charge in [0.05, 0.1) is 0 Å². The molecule has 32 heavy (non-hydrogen) atoms. The Morgan fingerprint density at radius 2 is 1.69 bits per heavy atom. The van der Waals surface area contributed by atoms with E-state index in [9.17, 15) is 24.0 Å². The molecule has 0 unspecified atom stereocenters. The molecule has 3 rings (SSSR count). The number of carbonyl (C=O) groups excluding carboxylic acids is 3. The summed E-state index contributed by atoms with van der Waals surface area (Å²) >= 11 is -0.523. The van der Waals surface area contributed by atoms with Crippen molar-refractivity contribution >= 4 is 31.6 Å². The molecule has 0 bridgehead atoms. The quantitative estimate of drug-likeness (QED) is 0.394. The van der Waals surface area contributed by atoms with Crippen LogP contribution in [0.3, 0.4) is 0 Å². The van der Waals surface area contributed by atoms with Crippen molar-refractivity contribution in [3.05, 3.63) is 69.0 Å². The normalized spacial score (nSPS) is 22.3. The van der Waals surface area contributed by atoms with Crippen LogP contribution < -0.4 is 11.2 Å². The van der Waals surface area contributed by atoms with Gasteiger partial charge in [0.15, 0.2) is 0 Å². The molecule has 0 amide bonds. The maximum atomic E-state index is 12.5. The van der Waals surface area contributed by atoms with Gasteiger partial charge in [-0.2, -0.15) is 0 Å². The summed E-state index contributed by atoms with van der Waals surface area (Å²) in [6, 6.07) is 10.4. The molecule has 1 aliphatic heterocycles. The Morgan fingerprint density at radius 1 is 1.03 bits per heavy atom. The van der Waals surface area contributed by atoms with Gasteiger partial charge in [-0.05, 0) is 0 Å². The number of nitrogens with one attached hydrogen (secondary N) is 1. The number of hydrogen-bond donors (Lipinski definition) is 1. The number of hydrogen-bond acceptors (Lipinski definition) is 8. The monoisotopic (exact) mass is 510 g/mol. The van der Waals surface area contributed by atoms with E-state index in [-0.39, 0.29) is 16.4 Å². The number of benzene rings is 1. The second-order valence-electron chi connectivity index (χ2n) is 7.08. The van der Waals surface area contributed by atoms with Crippen LogP contribution in [0.15, 0.2) is 52.2 Å². The van der Waals surface area contributed by atoms with Gasteiger partial charge in [-0.3, -0.25) is 0 Å². The average Bonchev–Trinajstić information content (AvgIpc) is 3.03. The number of ether oxygens (including phenoxy) is 3. The summed E-state index contributed by atoms with van der Waals surface area (Å²) in [6.07, 6.45) is -2.61. The average molecular weight is 509 g/mol. The molecule has 10 nitrogen and oxygen atoms in total. The second-order valence-corrected chi connectivity index (χ2v) is 9.34. The molecule has 170 valence electrons. The summed E-state index contributed by atoms with van der Waals surface area (Å²) in [5, 5.41) is 0.239. The van der Waals surface area contributed by atoms with Crippen molar-refractivity contribution in [3.63, 3.8) is 0 Å². The summed E-state index contributed by atoms with van der Waals surface area (Å²) in [5.41, 5.74) is -0.484. The second kappa shape index (κ2) is 10.5. The first-order valence-electron chi connectivity index (χ1n) is 9.75. The van der Waals surface area contributed by atoms with Crippen LogP contribution >= 0.6 is 0 Å². The minimum absolute atomic E-state index is 0.0163. The van der Waals surface area contributed by atoms with Gasteiger partial charge in [0, 0.05) is 0 Å². The minimum atomic E-state index is -1.14. The number of carbonyl (C=O) groups is 3. The van der Waals surface area contributed by atoms with Crippen molar-refractivity contribution < 1.29 is 28.6 Å². The Balaban J connectivity index is 1.82. The van der Waals surface area contributed by atoms with Crippen molar-refractivity contribution in [3.8, 4) is 0 Å². The van der Waals surface area contributed by atoms with Crippen LogP contribution in [0.25, 0.3) is 0 Å². The molecular formula is C21H22N2O8Se. The number of rotatable bonds is 8. The first kappa shape index (κ1) is 23.6. The van der Waals surface area contributed by atoms with Crippen LogP contribution in [-0.4, -0.2) is 59.4 Å². The summed E-state index contributed by atoms with van der Waals surface area (Å²) < 4.78 is 17.7. The molecule has 1 N–H and O–H groups in total. The van der Waals surface area contributed by atoms with E-state index in [2.05, 4.69) is 4.98 Å². The topological polar surface area (TPSA) is 134 Å². The Labute approximate surface area is 189 Å². The fourth-order valence-corrected chi connectivity index (χ4v) is 5.19. The number of aromatic amines is 1. The third kappa shape index (κ3) is 6.03.